The van der Waals surface area contributed by atoms with Crippen LogP contribution in [-0.2, 0) is 0 Å². The molecule has 1 aromatic heterocycles. The van der Waals surface area contributed by atoms with Crippen LogP contribution in [0, 0.1) is 18.3 Å². The minimum Gasteiger partial charge on any atom is -0.342 e. The molecule has 1 N–H and O–H groups in total. The Hall–Kier alpha value is -1.67. The maximum Gasteiger partial charge on any atom is 0.226 e. The van der Waals surface area contributed by atoms with E-state index < -0.39 is 0 Å². The van der Waals surface area contributed by atoms with Crippen LogP contribution in [0.25, 0.3) is 0 Å². The van der Waals surface area contributed by atoms with Gasteiger partial charge in [-0.3, -0.25) is 0 Å². The largest absolute Gasteiger partial charge is 0.342 e. The van der Waals surface area contributed by atoms with E-state index in [0.717, 1.165) is 18.8 Å². The van der Waals surface area contributed by atoms with E-state index in [-0.39, 0.29) is 0 Å². The van der Waals surface area contributed by atoms with Crippen molar-refractivity contribution in [2.45, 2.75) is 25.8 Å². The highest BCUT2D eigenvalue weighted by Crippen LogP contribution is 2.12. The van der Waals surface area contributed by atoms with Gasteiger partial charge in [0.15, 0.2) is 0 Å². The van der Waals surface area contributed by atoms with Gasteiger partial charge in [0.25, 0.3) is 0 Å². The number of aromatic nitrogens is 2. The third kappa shape index (κ3) is 2.92. The molecule has 1 fully saturated rings. The van der Waals surface area contributed by atoms with Crippen molar-refractivity contribution in [1.29, 1.82) is 5.26 Å². The first-order valence-corrected chi connectivity index (χ1v) is 5.89. The lowest BCUT2D eigenvalue weighted by molar-refractivity contribution is 0.594. The zero-order chi connectivity index (χ0) is 12.3. The Balaban J connectivity index is 2.10. The van der Waals surface area contributed by atoms with Crippen molar-refractivity contribution in [3.63, 3.8) is 0 Å². The van der Waals surface area contributed by atoms with Crippen molar-refractivity contribution in [3.8, 4) is 6.07 Å². The van der Waals surface area contributed by atoms with Gasteiger partial charge < -0.3 is 10.2 Å². The summed E-state index contributed by atoms with van der Waals surface area (Å²) in [5, 5.41) is 12.3. The van der Waals surface area contributed by atoms with Gasteiger partial charge in [-0.1, -0.05) is 0 Å². The number of rotatable bonds is 3. The highest BCUT2D eigenvalue weighted by Gasteiger charge is 2.17. The lowest BCUT2D eigenvalue weighted by Gasteiger charge is -2.21. The van der Waals surface area contributed by atoms with Gasteiger partial charge in [-0.05, 0) is 32.4 Å². The zero-order valence-electron chi connectivity index (χ0n) is 10.3. The second-order valence-corrected chi connectivity index (χ2v) is 4.48. The first kappa shape index (κ1) is 11.8. The van der Waals surface area contributed by atoms with E-state index in [0.29, 0.717) is 17.7 Å². The predicted octanol–water partition coefficient (Wildman–Crippen LogP) is 0.845. The molecular formula is C12H17N5. The van der Waals surface area contributed by atoms with Crippen LogP contribution in [0.15, 0.2) is 6.07 Å². The number of hydrogen-bond donors (Lipinski definition) is 1. The van der Waals surface area contributed by atoms with Gasteiger partial charge in [-0.2, -0.15) is 5.26 Å². The first-order valence-electron chi connectivity index (χ1n) is 5.89. The van der Waals surface area contributed by atoms with E-state index in [2.05, 4.69) is 21.4 Å². The minimum atomic E-state index is 0.429. The number of anilines is 1. The first-order chi connectivity index (χ1) is 8.19. The van der Waals surface area contributed by atoms with Crippen molar-refractivity contribution in [3.05, 3.63) is 17.5 Å². The molecule has 1 saturated heterocycles. The summed E-state index contributed by atoms with van der Waals surface area (Å²) in [5.41, 5.74) is 1.26. The topological polar surface area (TPSA) is 64.8 Å². The number of nitrogens with zero attached hydrogens (tertiary/aromatic N) is 4. The smallest absolute Gasteiger partial charge is 0.226 e. The molecule has 0 aliphatic carbocycles. The Bertz CT molecular complexity index is 431. The molecule has 1 aliphatic heterocycles. The molecule has 1 aromatic rings. The fourth-order valence-corrected chi connectivity index (χ4v) is 2.11. The van der Waals surface area contributed by atoms with Crippen LogP contribution in [0.1, 0.15) is 24.2 Å². The minimum absolute atomic E-state index is 0.429. The summed E-state index contributed by atoms with van der Waals surface area (Å²) in [7, 11) is 1.97. The van der Waals surface area contributed by atoms with E-state index >= 15 is 0 Å². The van der Waals surface area contributed by atoms with E-state index in [1.807, 2.05) is 18.9 Å². The molecule has 17 heavy (non-hydrogen) atoms. The summed E-state index contributed by atoms with van der Waals surface area (Å²) in [5.74, 6) is 0.634. The monoisotopic (exact) mass is 231 g/mol. The van der Waals surface area contributed by atoms with Crippen molar-refractivity contribution >= 4 is 5.95 Å². The van der Waals surface area contributed by atoms with Crippen LogP contribution in [-0.4, -0.2) is 36.1 Å². The van der Waals surface area contributed by atoms with Gasteiger partial charge in [0.05, 0.1) is 0 Å². The van der Waals surface area contributed by atoms with Gasteiger partial charge >= 0.3 is 0 Å². The Morgan fingerprint density at radius 1 is 1.59 bits per heavy atom. The molecule has 1 atom stereocenters. The number of nitrogens with one attached hydrogen (secondary N) is 1. The molecule has 0 saturated carbocycles. The molecule has 5 nitrogen and oxygen atoms in total. The Labute approximate surface area is 101 Å². The molecule has 2 heterocycles. The van der Waals surface area contributed by atoms with Crippen LogP contribution in [0.2, 0.25) is 0 Å². The third-order valence-electron chi connectivity index (χ3n) is 2.96. The van der Waals surface area contributed by atoms with Gasteiger partial charge in [0.2, 0.25) is 5.95 Å². The summed E-state index contributed by atoms with van der Waals surface area (Å²) in [6.07, 6.45) is 2.43. The highest BCUT2D eigenvalue weighted by atomic mass is 15.2. The summed E-state index contributed by atoms with van der Waals surface area (Å²) in [6.45, 7) is 3.86. The van der Waals surface area contributed by atoms with Gasteiger partial charge in [0, 0.05) is 25.3 Å². The fourth-order valence-electron chi connectivity index (χ4n) is 2.11. The van der Waals surface area contributed by atoms with Crippen molar-refractivity contribution in [2.75, 3.05) is 25.0 Å². The molecular weight excluding hydrogens is 214 g/mol. The Kier molecular flexibility index (Phi) is 3.55. The number of aryl methyl sites for hydroxylation is 1. The molecule has 0 spiro atoms. The second kappa shape index (κ2) is 5.11. The number of likely N-dealkylation sites (N-methyl/N-ethyl adjacent to an activating group) is 1. The molecule has 0 aromatic carbocycles. The molecule has 1 aliphatic rings. The molecule has 0 radical (unpaired) electrons. The standard InChI is InChI=1S/C12H17N5/c1-9-6-11(7-13)16-12(15-9)17(2)8-10-4-3-5-14-10/h6,10,14H,3-5,8H2,1-2H3. The summed E-state index contributed by atoms with van der Waals surface area (Å²) < 4.78 is 0. The maximum absolute atomic E-state index is 8.88. The van der Waals surface area contributed by atoms with E-state index in [1.54, 1.807) is 6.07 Å². The van der Waals surface area contributed by atoms with Crippen LogP contribution in [0.3, 0.4) is 0 Å². The van der Waals surface area contributed by atoms with Crippen LogP contribution in [0.4, 0.5) is 5.95 Å². The van der Waals surface area contributed by atoms with E-state index in [9.17, 15) is 0 Å². The second-order valence-electron chi connectivity index (χ2n) is 4.48. The number of hydrogen-bond acceptors (Lipinski definition) is 5. The zero-order valence-corrected chi connectivity index (χ0v) is 10.3. The summed E-state index contributed by atoms with van der Waals surface area (Å²) in [4.78, 5) is 10.6. The van der Waals surface area contributed by atoms with Crippen LogP contribution in [0.5, 0.6) is 0 Å². The molecule has 90 valence electrons. The quantitative estimate of drug-likeness (QED) is 0.835. The van der Waals surface area contributed by atoms with Crippen LogP contribution >= 0.6 is 0 Å². The van der Waals surface area contributed by atoms with Crippen LogP contribution < -0.4 is 10.2 Å². The highest BCUT2D eigenvalue weighted by molar-refractivity contribution is 5.35. The average Bonchev–Trinajstić information content (AvgIpc) is 2.81. The van der Waals surface area contributed by atoms with Crippen molar-refractivity contribution in [1.82, 2.24) is 15.3 Å². The Morgan fingerprint density at radius 3 is 3.06 bits per heavy atom. The molecule has 0 amide bonds. The lowest BCUT2D eigenvalue weighted by Crippen LogP contribution is -2.36. The Morgan fingerprint density at radius 2 is 2.41 bits per heavy atom. The molecule has 1 unspecified atom stereocenters. The lowest BCUT2D eigenvalue weighted by atomic mass is 10.2. The van der Waals surface area contributed by atoms with Crippen molar-refractivity contribution in [2.24, 2.45) is 0 Å². The van der Waals surface area contributed by atoms with E-state index in [1.165, 1.54) is 12.8 Å². The summed E-state index contributed by atoms with van der Waals surface area (Å²) >= 11 is 0. The SMILES string of the molecule is Cc1cc(C#N)nc(N(C)CC2CCCN2)n1. The normalized spacial score (nSPS) is 19.0. The maximum atomic E-state index is 8.88. The average molecular weight is 231 g/mol. The van der Waals surface area contributed by atoms with Gasteiger partial charge in [-0.25, -0.2) is 9.97 Å². The summed E-state index contributed by atoms with van der Waals surface area (Å²) in [6, 6.07) is 4.27. The number of nitriles is 1. The van der Waals surface area contributed by atoms with Gasteiger partial charge in [0.1, 0.15) is 11.8 Å². The van der Waals surface area contributed by atoms with Crippen molar-refractivity contribution < 1.29 is 0 Å². The molecule has 5 heteroatoms. The van der Waals surface area contributed by atoms with E-state index in [4.69, 9.17) is 5.26 Å². The van der Waals surface area contributed by atoms with Gasteiger partial charge in [-0.15, -0.1) is 0 Å². The predicted molar refractivity (Wildman–Crippen MR) is 65.8 cm³/mol. The third-order valence-corrected chi connectivity index (χ3v) is 2.96. The molecule has 0 bridgehead atoms. The molecule has 2 rings (SSSR count). The fraction of sp³-hybridized carbons (Fsp3) is 0.583.